The average Bonchev–Trinajstić information content (AvgIpc) is 2.68. The van der Waals surface area contributed by atoms with Crippen LogP contribution in [0.5, 0.6) is 5.75 Å². The maximum absolute atomic E-state index is 12.4. The number of nitrogens with zero attached hydrogens (tertiary/aromatic N) is 1. The third-order valence-corrected chi connectivity index (χ3v) is 5.84. The number of benzene rings is 1. The monoisotopic (exact) mass is 380 g/mol. The van der Waals surface area contributed by atoms with E-state index in [0.717, 1.165) is 44.7 Å². The Morgan fingerprint density at radius 3 is 2.73 bits per heavy atom. The minimum Gasteiger partial charge on any atom is -0.482 e. The molecule has 1 aliphatic carbocycles. The van der Waals surface area contributed by atoms with Gasteiger partial charge < -0.3 is 14.8 Å². The lowest BCUT2D eigenvalue weighted by molar-refractivity contribution is -0.124. The number of rotatable bonds is 6. The van der Waals surface area contributed by atoms with Gasteiger partial charge in [-0.3, -0.25) is 9.69 Å². The van der Waals surface area contributed by atoms with Gasteiger partial charge in [0.1, 0.15) is 5.75 Å². The van der Waals surface area contributed by atoms with Gasteiger partial charge in [0, 0.05) is 25.2 Å². The lowest BCUT2D eigenvalue weighted by Crippen LogP contribution is -2.60. The molecular formula is C20H29ClN2O3. The molecule has 1 aromatic carbocycles. The van der Waals surface area contributed by atoms with Crippen molar-refractivity contribution in [2.75, 3.05) is 39.5 Å². The van der Waals surface area contributed by atoms with Gasteiger partial charge in [-0.2, -0.15) is 0 Å². The first-order valence-corrected chi connectivity index (χ1v) is 9.95. The summed E-state index contributed by atoms with van der Waals surface area (Å²) >= 11 is 6.13. The van der Waals surface area contributed by atoms with E-state index in [0.29, 0.717) is 17.3 Å². The molecule has 0 atom stereocenters. The number of morpholine rings is 1. The minimum absolute atomic E-state index is 0.0115. The Hall–Kier alpha value is -1.30. The maximum Gasteiger partial charge on any atom is 0.258 e. The van der Waals surface area contributed by atoms with Gasteiger partial charge in [-0.1, -0.05) is 36.9 Å². The number of amides is 1. The summed E-state index contributed by atoms with van der Waals surface area (Å²) < 4.78 is 11.1. The van der Waals surface area contributed by atoms with Crippen molar-refractivity contribution in [1.29, 1.82) is 0 Å². The molecule has 1 heterocycles. The predicted molar refractivity (Wildman–Crippen MR) is 103 cm³/mol. The third kappa shape index (κ3) is 4.90. The highest BCUT2D eigenvalue weighted by Gasteiger charge is 2.38. The van der Waals surface area contributed by atoms with Gasteiger partial charge >= 0.3 is 0 Å². The van der Waals surface area contributed by atoms with Crippen molar-refractivity contribution in [3.63, 3.8) is 0 Å². The van der Waals surface area contributed by atoms with Crippen molar-refractivity contribution in [2.45, 2.75) is 44.6 Å². The summed E-state index contributed by atoms with van der Waals surface area (Å²) in [6.07, 6.45) is 6.01. The highest BCUT2D eigenvalue weighted by atomic mass is 35.5. The minimum atomic E-state index is -0.0965. The summed E-state index contributed by atoms with van der Waals surface area (Å²) in [5, 5.41) is 3.63. The number of ether oxygens (including phenoxy) is 2. The zero-order chi connectivity index (χ0) is 18.4. The van der Waals surface area contributed by atoms with E-state index in [9.17, 15) is 4.79 Å². The molecule has 1 saturated carbocycles. The molecule has 1 aliphatic heterocycles. The van der Waals surface area contributed by atoms with E-state index >= 15 is 0 Å². The molecule has 26 heavy (non-hydrogen) atoms. The molecule has 0 bridgehead atoms. The zero-order valence-electron chi connectivity index (χ0n) is 15.6. The molecule has 6 heteroatoms. The maximum atomic E-state index is 12.4. The number of nitrogens with one attached hydrogen (secondary N) is 1. The van der Waals surface area contributed by atoms with Crippen LogP contribution in [-0.2, 0) is 9.53 Å². The first kappa shape index (κ1) is 19.5. The Balaban J connectivity index is 1.54. The van der Waals surface area contributed by atoms with Gasteiger partial charge in [0.05, 0.1) is 18.2 Å². The number of halogens is 1. The van der Waals surface area contributed by atoms with Crippen molar-refractivity contribution < 1.29 is 14.3 Å². The van der Waals surface area contributed by atoms with E-state index in [1.165, 1.54) is 19.3 Å². The Kier molecular flexibility index (Phi) is 6.79. The fourth-order valence-corrected chi connectivity index (χ4v) is 4.20. The predicted octanol–water partition coefficient (Wildman–Crippen LogP) is 3.18. The molecule has 2 aliphatic rings. The molecule has 1 amide bonds. The SMILES string of the molecule is Cc1ccc(Cl)c(OCC(=O)NCC2(N3CCOCC3)CCCCC2)c1. The van der Waals surface area contributed by atoms with Gasteiger partial charge in [0.25, 0.3) is 5.91 Å². The van der Waals surface area contributed by atoms with Crippen molar-refractivity contribution in [3.05, 3.63) is 28.8 Å². The highest BCUT2D eigenvalue weighted by Crippen LogP contribution is 2.34. The third-order valence-electron chi connectivity index (χ3n) is 5.53. The lowest BCUT2D eigenvalue weighted by Gasteiger charge is -2.48. The molecule has 0 unspecified atom stereocenters. The summed E-state index contributed by atoms with van der Waals surface area (Å²) in [4.78, 5) is 14.9. The topological polar surface area (TPSA) is 50.8 Å². The van der Waals surface area contributed by atoms with E-state index in [-0.39, 0.29) is 18.1 Å². The van der Waals surface area contributed by atoms with Crippen LogP contribution >= 0.6 is 11.6 Å². The van der Waals surface area contributed by atoms with E-state index in [1.807, 2.05) is 19.1 Å². The normalized spacial score (nSPS) is 20.5. The molecule has 5 nitrogen and oxygen atoms in total. The standard InChI is InChI=1S/C20H29ClN2O3/c1-16-5-6-17(21)18(13-16)26-14-19(24)22-15-20(7-3-2-4-8-20)23-9-11-25-12-10-23/h5-6,13H,2-4,7-12,14-15H2,1H3,(H,22,24). The molecule has 1 N–H and O–H groups in total. The van der Waals surface area contributed by atoms with Crippen LogP contribution in [0.2, 0.25) is 5.02 Å². The zero-order valence-corrected chi connectivity index (χ0v) is 16.3. The molecule has 3 rings (SSSR count). The quantitative estimate of drug-likeness (QED) is 0.823. The molecule has 1 aromatic rings. The lowest BCUT2D eigenvalue weighted by atomic mass is 9.79. The van der Waals surface area contributed by atoms with Gasteiger partial charge in [-0.05, 0) is 37.5 Å². The average molecular weight is 381 g/mol. The number of hydrogen-bond donors (Lipinski definition) is 1. The number of carbonyl (C=O) groups is 1. The van der Waals surface area contributed by atoms with Crippen molar-refractivity contribution >= 4 is 17.5 Å². The number of hydrogen-bond acceptors (Lipinski definition) is 4. The van der Waals surface area contributed by atoms with Gasteiger partial charge in [-0.25, -0.2) is 0 Å². The van der Waals surface area contributed by atoms with Crippen LogP contribution in [0.1, 0.15) is 37.7 Å². The van der Waals surface area contributed by atoms with Crippen LogP contribution in [0.4, 0.5) is 0 Å². The number of aryl methyl sites for hydroxylation is 1. The van der Waals surface area contributed by atoms with E-state index in [4.69, 9.17) is 21.1 Å². The van der Waals surface area contributed by atoms with Crippen molar-refractivity contribution in [2.24, 2.45) is 0 Å². The van der Waals surface area contributed by atoms with Crippen LogP contribution in [0, 0.1) is 6.92 Å². The molecular weight excluding hydrogens is 352 g/mol. The first-order valence-electron chi connectivity index (χ1n) is 9.58. The Bertz CT molecular complexity index is 611. The van der Waals surface area contributed by atoms with Crippen LogP contribution in [0.25, 0.3) is 0 Å². The fraction of sp³-hybridized carbons (Fsp3) is 0.650. The van der Waals surface area contributed by atoms with Crippen molar-refractivity contribution in [3.8, 4) is 5.75 Å². The Morgan fingerprint density at radius 1 is 1.27 bits per heavy atom. The Morgan fingerprint density at radius 2 is 2.00 bits per heavy atom. The van der Waals surface area contributed by atoms with Gasteiger partial charge in [0.15, 0.2) is 6.61 Å². The fourth-order valence-electron chi connectivity index (χ4n) is 4.03. The van der Waals surface area contributed by atoms with Crippen LogP contribution in [-0.4, -0.2) is 55.8 Å². The van der Waals surface area contributed by atoms with E-state index < -0.39 is 0 Å². The molecule has 1 saturated heterocycles. The molecule has 0 spiro atoms. The second kappa shape index (κ2) is 9.07. The largest absolute Gasteiger partial charge is 0.482 e. The van der Waals surface area contributed by atoms with Crippen LogP contribution < -0.4 is 10.1 Å². The second-order valence-electron chi connectivity index (χ2n) is 7.38. The molecule has 144 valence electrons. The van der Waals surface area contributed by atoms with Gasteiger partial charge in [-0.15, -0.1) is 0 Å². The summed E-state index contributed by atoms with van der Waals surface area (Å²) in [6.45, 7) is 6.10. The molecule has 0 radical (unpaired) electrons. The van der Waals surface area contributed by atoms with Crippen LogP contribution in [0.3, 0.4) is 0 Å². The molecule has 0 aromatic heterocycles. The second-order valence-corrected chi connectivity index (χ2v) is 7.79. The van der Waals surface area contributed by atoms with Crippen LogP contribution in [0.15, 0.2) is 18.2 Å². The smallest absolute Gasteiger partial charge is 0.258 e. The molecule has 2 fully saturated rings. The highest BCUT2D eigenvalue weighted by molar-refractivity contribution is 6.32. The van der Waals surface area contributed by atoms with Gasteiger partial charge in [0.2, 0.25) is 0 Å². The summed E-state index contributed by atoms with van der Waals surface area (Å²) in [5.41, 5.74) is 1.12. The Labute approximate surface area is 161 Å². The summed E-state index contributed by atoms with van der Waals surface area (Å²) in [7, 11) is 0. The van der Waals surface area contributed by atoms with E-state index in [1.54, 1.807) is 6.07 Å². The first-order chi connectivity index (χ1) is 12.6. The van der Waals surface area contributed by atoms with E-state index in [2.05, 4.69) is 10.2 Å². The number of carbonyl (C=O) groups excluding carboxylic acids is 1. The van der Waals surface area contributed by atoms with Crippen molar-refractivity contribution in [1.82, 2.24) is 10.2 Å². The summed E-state index contributed by atoms with van der Waals surface area (Å²) in [5.74, 6) is 0.461. The summed E-state index contributed by atoms with van der Waals surface area (Å²) in [6, 6.07) is 5.57.